The van der Waals surface area contributed by atoms with Gasteiger partial charge in [0.05, 0.1) is 10.9 Å². The van der Waals surface area contributed by atoms with Crippen LogP contribution in [0.2, 0.25) is 0 Å². The highest BCUT2D eigenvalue weighted by atomic mass is 32.2. The van der Waals surface area contributed by atoms with Crippen molar-refractivity contribution in [3.05, 3.63) is 17.0 Å². The van der Waals surface area contributed by atoms with Crippen LogP contribution in [0.5, 0.6) is 0 Å². The normalized spacial score (nSPS) is 26.9. The predicted octanol–water partition coefficient (Wildman–Crippen LogP) is 1.24. The summed E-state index contributed by atoms with van der Waals surface area (Å²) in [6.45, 7) is 1.69. The maximum atomic E-state index is 12.5. The van der Waals surface area contributed by atoms with Crippen molar-refractivity contribution < 1.29 is 9.53 Å². The summed E-state index contributed by atoms with van der Waals surface area (Å²) in [6, 6.07) is 0. The quantitative estimate of drug-likeness (QED) is 0.891. The van der Waals surface area contributed by atoms with Crippen molar-refractivity contribution in [3.63, 3.8) is 0 Å². The van der Waals surface area contributed by atoms with Crippen molar-refractivity contribution in [2.45, 2.75) is 36.5 Å². The fourth-order valence-corrected chi connectivity index (χ4v) is 5.20. The Morgan fingerprint density at radius 3 is 3.10 bits per heavy atom. The molecule has 0 bridgehead atoms. The molecule has 1 amide bonds. The van der Waals surface area contributed by atoms with E-state index in [2.05, 4.69) is 10.2 Å². The minimum atomic E-state index is 0.108. The zero-order valence-electron chi connectivity index (χ0n) is 11.6. The number of carbonyl (C=O) groups is 1. The second-order valence-corrected chi connectivity index (χ2v) is 7.59. The number of nitrogens with zero attached hydrogens (tertiary/aromatic N) is 2. The number of methoxy groups -OCH3 is 1. The number of likely N-dealkylation sites (tertiary alicyclic amines) is 1. The lowest BCUT2D eigenvalue weighted by Gasteiger charge is -2.47. The zero-order valence-corrected chi connectivity index (χ0v) is 12.5. The summed E-state index contributed by atoms with van der Waals surface area (Å²) in [5, 5.41) is 7.26. The fraction of sp³-hybridized carbons (Fsp3) is 0.714. The molecule has 5 nitrogen and oxygen atoms in total. The zero-order chi connectivity index (χ0) is 13.7. The number of ether oxygens (including phenoxy) is 1. The van der Waals surface area contributed by atoms with Crippen LogP contribution in [-0.4, -0.2) is 57.8 Å². The van der Waals surface area contributed by atoms with E-state index in [0.29, 0.717) is 11.8 Å². The maximum absolute atomic E-state index is 12.5. The summed E-state index contributed by atoms with van der Waals surface area (Å²) in [4.78, 5) is 14.5. The Kier molecular flexibility index (Phi) is 2.86. The third-order valence-corrected chi connectivity index (χ3v) is 6.34. The number of hydrogen-bond acceptors (Lipinski definition) is 4. The summed E-state index contributed by atoms with van der Waals surface area (Å²) >= 11 is 1.96. The molecule has 1 spiro atoms. The molecule has 3 heterocycles. The molecule has 2 fully saturated rings. The molecule has 0 saturated carbocycles. The van der Waals surface area contributed by atoms with Crippen LogP contribution in [0.4, 0.5) is 0 Å². The highest BCUT2D eigenvalue weighted by molar-refractivity contribution is 8.01. The number of fused-ring (bicyclic) bond motifs is 1. The van der Waals surface area contributed by atoms with Gasteiger partial charge in [0.15, 0.2) is 5.69 Å². The molecular formula is C14H19N3O2S. The minimum Gasteiger partial charge on any atom is -0.381 e. The number of carbonyl (C=O) groups excluding carboxylic acids is 1. The summed E-state index contributed by atoms with van der Waals surface area (Å²) in [7, 11) is 1.78. The number of aromatic nitrogens is 2. The molecule has 0 radical (unpaired) electrons. The number of nitrogens with one attached hydrogen (secondary N) is 1. The average Bonchev–Trinajstić information content (AvgIpc) is 3.10. The van der Waals surface area contributed by atoms with E-state index in [4.69, 9.17) is 4.74 Å². The molecule has 1 N–H and O–H groups in total. The Hall–Kier alpha value is -1.01. The van der Waals surface area contributed by atoms with Crippen LogP contribution < -0.4 is 0 Å². The van der Waals surface area contributed by atoms with Gasteiger partial charge in [-0.15, -0.1) is 11.8 Å². The molecule has 108 valence electrons. The lowest BCUT2D eigenvalue weighted by Crippen LogP contribution is -2.60. The van der Waals surface area contributed by atoms with Gasteiger partial charge in [0.25, 0.3) is 5.91 Å². The molecule has 3 aliphatic rings. The van der Waals surface area contributed by atoms with Gasteiger partial charge in [0.1, 0.15) is 0 Å². The molecule has 1 aromatic heterocycles. The summed E-state index contributed by atoms with van der Waals surface area (Å²) in [5.74, 6) is 1.16. The fourth-order valence-electron chi connectivity index (χ4n) is 3.61. The Morgan fingerprint density at radius 2 is 2.35 bits per heavy atom. The Bertz CT molecular complexity index is 551. The number of H-pyrrole nitrogens is 1. The molecule has 1 atom stereocenters. The lowest BCUT2D eigenvalue weighted by molar-refractivity contribution is 0.0446. The van der Waals surface area contributed by atoms with Gasteiger partial charge in [-0.05, 0) is 25.7 Å². The highest BCUT2D eigenvalue weighted by Crippen LogP contribution is 2.46. The number of aryl methyl sites for hydroxylation is 1. The summed E-state index contributed by atoms with van der Waals surface area (Å²) in [6.07, 6.45) is 4.58. The number of rotatable bonds is 2. The van der Waals surface area contributed by atoms with Crippen LogP contribution in [0.3, 0.4) is 0 Å². The van der Waals surface area contributed by atoms with Crippen LogP contribution in [0, 0.1) is 0 Å². The van der Waals surface area contributed by atoms with Gasteiger partial charge >= 0.3 is 0 Å². The molecule has 2 saturated heterocycles. The van der Waals surface area contributed by atoms with Gasteiger partial charge in [-0.1, -0.05) is 0 Å². The first-order valence-corrected chi connectivity index (χ1v) is 8.21. The number of aromatic amines is 1. The van der Waals surface area contributed by atoms with E-state index in [0.717, 1.165) is 50.1 Å². The molecular weight excluding hydrogens is 274 g/mol. The van der Waals surface area contributed by atoms with Gasteiger partial charge in [0, 0.05) is 37.2 Å². The van der Waals surface area contributed by atoms with E-state index in [9.17, 15) is 4.79 Å². The van der Waals surface area contributed by atoms with E-state index < -0.39 is 0 Å². The second-order valence-electron chi connectivity index (χ2n) is 6.10. The topological polar surface area (TPSA) is 58.2 Å². The maximum Gasteiger partial charge on any atom is 0.274 e. The van der Waals surface area contributed by atoms with Gasteiger partial charge < -0.3 is 9.64 Å². The second kappa shape index (κ2) is 4.49. The van der Waals surface area contributed by atoms with Crippen molar-refractivity contribution in [1.29, 1.82) is 0 Å². The molecule has 0 aromatic carbocycles. The van der Waals surface area contributed by atoms with E-state index in [-0.39, 0.29) is 10.7 Å². The number of thioether (sulfide) groups is 1. The van der Waals surface area contributed by atoms with Crippen molar-refractivity contribution >= 4 is 17.7 Å². The van der Waals surface area contributed by atoms with Crippen LogP contribution in [-0.2, 0) is 17.6 Å². The first-order chi connectivity index (χ1) is 9.71. The molecule has 6 heteroatoms. The third kappa shape index (κ3) is 1.81. The number of amides is 1. The largest absolute Gasteiger partial charge is 0.381 e. The van der Waals surface area contributed by atoms with Gasteiger partial charge in [-0.2, -0.15) is 5.10 Å². The predicted molar refractivity (Wildman–Crippen MR) is 77.1 cm³/mol. The van der Waals surface area contributed by atoms with Gasteiger partial charge in [0.2, 0.25) is 0 Å². The smallest absolute Gasteiger partial charge is 0.274 e. The van der Waals surface area contributed by atoms with Crippen LogP contribution in [0.25, 0.3) is 0 Å². The molecule has 0 unspecified atom stereocenters. The standard InChI is InChI=1S/C14H19N3O2S/c1-19-9-5-14(20-6-9)7-17(8-14)13(18)12-10-3-2-4-11(10)15-16-12/h9H,2-8H2,1H3,(H,15,16)/t9-/m1/s1. The molecule has 2 aliphatic heterocycles. The third-order valence-electron chi connectivity index (χ3n) is 4.76. The van der Waals surface area contributed by atoms with Crippen LogP contribution in [0.15, 0.2) is 0 Å². The average molecular weight is 293 g/mol. The minimum absolute atomic E-state index is 0.108. The van der Waals surface area contributed by atoms with Gasteiger partial charge in [-0.25, -0.2) is 0 Å². The molecule has 20 heavy (non-hydrogen) atoms. The van der Waals surface area contributed by atoms with Crippen LogP contribution in [0.1, 0.15) is 34.6 Å². The van der Waals surface area contributed by atoms with E-state index in [1.165, 1.54) is 5.69 Å². The van der Waals surface area contributed by atoms with Crippen molar-refractivity contribution in [1.82, 2.24) is 15.1 Å². The van der Waals surface area contributed by atoms with Crippen molar-refractivity contribution in [2.24, 2.45) is 0 Å². The molecule has 4 rings (SSSR count). The molecule has 1 aliphatic carbocycles. The lowest BCUT2D eigenvalue weighted by atomic mass is 9.92. The first-order valence-electron chi connectivity index (χ1n) is 7.23. The summed E-state index contributed by atoms with van der Waals surface area (Å²) < 4.78 is 5.67. The van der Waals surface area contributed by atoms with E-state index in [1.807, 2.05) is 16.7 Å². The Morgan fingerprint density at radius 1 is 1.50 bits per heavy atom. The van der Waals surface area contributed by atoms with E-state index in [1.54, 1.807) is 7.11 Å². The summed E-state index contributed by atoms with van der Waals surface area (Å²) in [5.41, 5.74) is 2.99. The Labute approximate surface area is 122 Å². The molecule has 1 aromatic rings. The van der Waals surface area contributed by atoms with Crippen molar-refractivity contribution in [2.75, 3.05) is 26.0 Å². The van der Waals surface area contributed by atoms with Crippen LogP contribution >= 0.6 is 11.8 Å². The SMILES string of the molecule is CO[C@H]1CSC2(C1)CN(C(=O)c1n[nH]c3c1CCC3)C2. The van der Waals surface area contributed by atoms with Crippen molar-refractivity contribution in [3.8, 4) is 0 Å². The van der Waals surface area contributed by atoms with Gasteiger partial charge in [-0.3, -0.25) is 9.89 Å². The highest BCUT2D eigenvalue weighted by Gasteiger charge is 2.51. The van der Waals surface area contributed by atoms with E-state index >= 15 is 0 Å². The first kappa shape index (κ1) is 12.7. The number of hydrogen-bond donors (Lipinski definition) is 1. The monoisotopic (exact) mass is 293 g/mol. The Balaban J connectivity index is 1.44.